The van der Waals surface area contributed by atoms with Gasteiger partial charge in [0.15, 0.2) is 9.84 Å². The van der Waals surface area contributed by atoms with Crippen LogP contribution in [0.4, 0.5) is 0 Å². The molecule has 1 aromatic carbocycles. The minimum Gasteiger partial charge on any atom is -0.478 e. The summed E-state index contributed by atoms with van der Waals surface area (Å²) in [6.07, 6.45) is 2.86. The van der Waals surface area contributed by atoms with E-state index in [1.807, 2.05) is 0 Å². The molecule has 0 radical (unpaired) electrons. The van der Waals surface area contributed by atoms with E-state index in [1.165, 1.54) is 31.0 Å². The van der Waals surface area contributed by atoms with E-state index in [-0.39, 0.29) is 16.2 Å². The van der Waals surface area contributed by atoms with Crippen molar-refractivity contribution in [2.45, 2.75) is 24.2 Å². The highest BCUT2D eigenvalue weighted by Crippen LogP contribution is 2.23. The Morgan fingerprint density at radius 3 is 2.57 bits per heavy atom. The number of hydrogen-bond donors (Lipinski definition) is 1. The molecular formula is C14H18BrNO4S. The maximum absolute atomic E-state index is 12.4. The maximum atomic E-state index is 12.4. The lowest BCUT2D eigenvalue weighted by Gasteiger charge is -2.14. The van der Waals surface area contributed by atoms with Crippen molar-refractivity contribution in [1.82, 2.24) is 4.90 Å². The van der Waals surface area contributed by atoms with Gasteiger partial charge in [0.1, 0.15) is 0 Å². The molecule has 0 bridgehead atoms. The summed E-state index contributed by atoms with van der Waals surface area (Å²) >= 11 is 3.19. The average Bonchev–Trinajstić information content (AvgIpc) is 2.91. The molecule has 1 fully saturated rings. The fourth-order valence-corrected chi connectivity index (χ4v) is 4.56. The summed E-state index contributed by atoms with van der Waals surface area (Å²) < 4.78 is 25.3. The summed E-state index contributed by atoms with van der Waals surface area (Å²) in [7, 11) is -3.59. The maximum Gasteiger partial charge on any atom is 0.337 e. The third kappa shape index (κ3) is 4.28. The summed E-state index contributed by atoms with van der Waals surface area (Å²) in [5.41, 5.74) is -0.167. The first-order valence-corrected chi connectivity index (χ1v) is 9.32. The van der Waals surface area contributed by atoms with Crippen LogP contribution >= 0.6 is 15.9 Å². The van der Waals surface area contributed by atoms with Crippen molar-refractivity contribution in [3.8, 4) is 0 Å². The highest BCUT2D eigenvalue weighted by atomic mass is 79.9. The molecule has 7 heteroatoms. The Labute approximate surface area is 133 Å². The van der Waals surface area contributed by atoms with Gasteiger partial charge in [-0.15, -0.1) is 0 Å². The van der Waals surface area contributed by atoms with Gasteiger partial charge in [-0.1, -0.05) is 15.9 Å². The van der Waals surface area contributed by atoms with Crippen molar-refractivity contribution < 1.29 is 18.3 Å². The predicted octanol–water partition coefficient (Wildman–Crippen LogP) is 2.41. The van der Waals surface area contributed by atoms with E-state index in [1.54, 1.807) is 0 Å². The Morgan fingerprint density at radius 2 is 1.95 bits per heavy atom. The van der Waals surface area contributed by atoms with Crippen molar-refractivity contribution in [3.05, 3.63) is 28.2 Å². The molecule has 0 atom stereocenters. The van der Waals surface area contributed by atoms with Crippen molar-refractivity contribution in [3.63, 3.8) is 0 Å². The Bertz CT molecular complexity index is 624. The highest BCUT2D eigenvalue weighted by Gasteiger charge is 2.23. The van der Waals surface area contributed by atoms with Crippen LogP contribution in [0.3, 0.4) is 0 Å². The normalized spacial score (nSPS) is 16.2. The molecule has 2 rings (SSSR count). The summed E-state index contributed by atoms with van der Waals surface area (Å²) in [6, 6.07) is 4.22. The van der Waals surface area contributed by atoms with Crippen LogP contribution in [0.1, 0.15) is 29.6 Å². The van der Waals surface area contributed by atoms with E-state index in [2.05, 4.69) is 20.8 Å². The standard InChI is InChI=1S/C14H18BrNO4S/c15-11-4-5-12(14(17)18)13(10-11)21(19,20)9-3-8-16-6-1-2-7-16/h4-5,10H,1-3,6-9H2,(H,17,18). The molecule has 1 heterocycles. The minimum atomic E-state index is -3.59. The van der Waals surface area contributed by atoms with E-state index in [9.17, 15) is 13.2 Å². The molecular weight excluding hydrogens is 358 g/mol. The molecule has 0 aliphatic carbocycles. The number of halogens is 1. The van der Waals surface area contributed by atoms with Gasteiger partial charge in [-0.05, 0) is 57.1 Å². The van der Waals surface area contributed by atoms with Gasteiger partial charge in [0.25, 0.3) is 0 Å². The number of carbonyl (C=O) groups is 1. The number of nitrogens with zero attached hydrogens (tertiary/aromatic N) is 1. The molecule has 1 aliphatic heterocycles. The lowest BCUT2D eigenvalue weighted by atomic mass is 10.2. The quantitative estimate of drug-likeness (QED) is 0.825. The zero-order valence-corrected chi connectivity index (χ0v) is 14.0. The van der Waals surface area contributed by atoms with Gasteiger partial charge in [-0.3, -0.25) is 0 Å². The summed E-state index contributed by atoms with van der Waals surface area (Å²) in [5, 5.41) is 9.13. The molecule has 1 N–H and O–H groups in total. The number of rotatable bonds is 6. The summed E-state index contributed by atoms with van der Waals surface area (Å²) in [6.45, 7) is 2.80. The third-order valence-corrected chi connectivity index (χ3v) is 5.92. The van der Waals surface area contributed by atoms with Crippen molar-refractivity contribution >= 4 is 31.7 Å². The molecule has 0 amide bonds. The summed E-state index contributed by atoms with van der Waals surface area (Å²) in [5.74, 6) is -1.25. The molecule has 116 valence electrons. The van der Waals surface area contributed by atoms with Gasteiger partial charge in [-0.25, -0.2) is 13.2 Å². The second-order valence-corrected chi connectivity index (χ2v) is 8.16. The van der Waals surface area contributed by atoms with E-state index in [0.29, 0.717) is 10.9 Å². The second-order valence-electron chi connectivity index (χ2n) is 5.17. The molecule has 1 aromatic rings. The zero-order chi connectivity index (χ0) is 15.5. The molecule has 0 aromatic heterocycles. The number of carboxylic acid groups (broad SMARTS) is 1. The van der Waals surface area contributed by atoms with Crippen LogP contribution in [0, 0.1) is 0 Å². The topological polar surface area (TPSA) is 74.7 Å². The lowest BCUT2D eigenvalue weighted by Crippen LogP contribution is -2.23. The Balaban J connectivity index is 2.11. The predicted molar refractivity (Wildman–Crippen MR) is 83.4 cm³/mol. The van der Waals surface area contributed by atoms with Crippen LogP contribution in [0.25, 0.3) is 0 Å². The minimum absolute atomic E-state index is 0.0275. The molecule has 0 saturated carbocycles. The van der Waals surface area contributed by atoms with Crippen molar-refractivity contribution in [2.75, 3.05) is 25.4 Å². The van der Waals surface area contributed by atoms with Gasteiger partial charge in [0.05, 0.1) is 16.2 Å². The van der Waals surface area contributed by atoms with Gasteiger partial charge in [0.2, 0.25) is 0 Å². The van der Waals surface area contributed by atoms with E-state index in [0.717, 1.165) is 19.6 Å². The first-order valence-electron chi connectivity index (χ1n) is 6.88. The third-order valence-electron chi connectivity index (χ3n) is 3.60. The molecule has 0 unspecified atom stereocenters. The molecule has 0 spiro atoms. The van der Waals surface area contributed by atoms with Crippen LogP contribution < -0.4 is 0 Å². The van der Waals surface area contributed by atoms with E-state index < -0.39 is 15.8 Å². The molecule has 1 saturated heterocycles. The van der Waals surface area contributed by atoms with Crippen molar-refractivity contribution in [1.29, 1.82) is 0 Å². The number of sulfone groups is 1. The van der Waals surface area contributed by atoms with Gasteiger partial charge in [0, 0.05) is 4.47 Å². The molecule has 1 aliphatic rings. The lowest BCUT2D eigenvalue weighted by molar-refractivity contribution is 0.0692. The van der Waals surface area contributed by atoms with Gasteiger partial charge < -0.3 is 10.0 Å². The van der Waals surface area contributed by atoms with Gasteiger partial charge in [-0.2, -0.15) is 0 Å². The number of aromatic carboxylic acids is 1. The smallest absolute Gasteiger partial charge is 0.337 e. The fraction of sp³-hybridized carbons (Fsp3) is 0.500. The number of hydrogen-bond acceptors (Lipinski definition) is 4. The van der Waals surface area contributed by atoms with Gasteiger partial charge >= 0.3 is 5.97 Å². The molecule has 5 nitrogen and oxygen atoms in total. The monoisotopic (exact) mass is 375 g/mol. The Kier molecular flexibility index (Phi) is 5.40. The van der Waals surface area contributed by atoms with Crippen LogP contribution in [0.2, 0.25) is 0 Å². The highest BCUT2D eigenvalue weighted by molar-refractivity contribution is 9.10. The number of likely N-dealkylation sites (tertiary alicyclic amines) is 1. The zero-order valence-electron chi connectivity index (χ0n) is 11.6. The van der Waals surface area contributed by atoms with Crippen molar-refractivity contribution in [2.24, 2.45) is 0 Å². The second kappa shape index (κ2) is 6.89. The molecule has 21 heavy (non-hydrogen) atoms. The first-order chi connectivity index (χ1) is 9.90. The van der Waals surface area contributed by atoms with E-state index in [4.69, 9.17) is 5.11 Å². The SMILES string of the molecule is O=C(O)c1ccc(Br)cc1S(=O)(=O)CCCN1CCCC1. The largest absolute Gasteiger partial charge is 0.478 e. The summed E-state index contributed by atoms with van der Waals surface area (Å²) in [4.78, 5) is 13.3. The van der Waals surface area contributed by atoms with Crippen LogP contribution in [0.15, 0.2) is 27.6 Å². The van der Waals surface area contributed by atoms with Crippen LogP contribution in [-0.2, 0) is 9.84 Å². The van der Waals surface area contributed by atoms with Crippen LogP contribution in [-0.4, -0.2) is 49.8 Å². The van der Waals surface area contributed by atoms with E-state index >= 15 is 0 Å². The van der Waals surface area contributed by atoms with Crippen LogP contribution in [0.5, 0.6) is 0 Å². The fourth-order valence-electron chi connectivity index (χ4n) is 2.52. The average molecular weight is 376 g/mol. The first kappa shape index (κ1) is 16.5. The Hall–Kier alpha value is -0.920. The Morgan fingerprint density at radius 1 is 1.29 bits per heavy atom. The number of benzene rings is 1. The number of carboxylic acids is 1.